The Morgan fingerprint density at radius 2 is 2.38 bits per heavy atom. The summed E-state index contributed by atoms with van der Waals surface area (Å²) in [6, 6.07) is 5.85. The average Bonchev–Trinajstić information content (AvgIpc) is 3.11. The first-order valence-electron chi connectivity index (χ1n) is 6.36. The van der Waals surface area contributed by atoms with Crippen LogP contribution >= 0.6 is 23.1 Å². The van der Waals surface area contributed by atoms with Crippen molar-refractivity contribution in [2.45, 2.75) is 18.1 Å². The number of fused-ring (bicyclic) bond motifs is 1. The second kappa shape index (κ2) is 5.87. The number of aromatic nitrogens is 3. The zero-order valence-electron chi connectivity index (χ0n) is 11.3. The fraction of sp³-hybridized carbons (Fsp3) is 0.214. The predicted molar refractivity (Wildman–Crippen MR) is 84.0 cm³/mol. The number of hydrogen-bond donors (Lipinski definition) is 1. The zero-order chi connectivity index (χ0) is 14.8. The van der Waals surface area contributed by atoms with E-state index in [2.05, 4.69) is 28.3 Å². The van der Waals surface area contributed by atoms with Gasteiger partial charge < -0.3 is 5.11 Å². The Labute approximate surface area is 129 Å². The number of pyridine rings is 1. The number of thiophene rings is 1. The van der Waals surface area contributed by atoms with Crippen molar-refractivity contribution in [2.75, 3.05) is 5.75 Å². The first-order chi connectivity index (χ1) is 10.2. The number of nitrogens with zero attached hydrogens (tertiary/aromatic N) is 3. The van der Waals surface area contributed by atoms with Gasteiger partial charge in [-0.05, 0) is 41.4 Å². The van der Waals surface area contributed by atoms with Gasteiger partial charge in [-0.15, -0.1) is 0 Å². The van der Waals surface area contributed by atoms with Crippen LogP contribution in [0.15, 0.2) is 40.3 Å². The van der Waals surface area contributed by atoms with Crippen LogP contribution in [0.4, 0.5) is 0 Å². The van der Waals surface area contributed by atoms with E-state index in [4.69, 9.17) is 5.11 Å². The van der Waals surface area contributed by atoms with Crippen molar-refractivity contribution >= 4 is 40.2 Å². The van der Waals surface area contributed by atoms with Crippen LogP contribution in [0, 0.1) is 0 Å². The second-order valence-electron chi connectivity index (χ2n) is 4.53. The molecule has 0 fully saturated rings. The standard InChI is InChI=1S/C14H13N3O2S2/c1-9(10-4-6-20-7-10)17-13-11(3-2-5-15-13)16-14(17)21-8-12(18)19/h2-7,9H,8H2,1H3,(H,18,19). The third-order valence-electron chi connectivity index (χ3n) is 3.15. The molecule has 0 saturated heterocycles. The third kappa shape index (κ3) is 2.79. The molecule has 3 aromatic heterocycles. The first kappa shape index (κ1) is 14.1. The van der Waals surface area contributed by atoms with Crippen molar-refractivity contribution in [1.29, 1.82) is 0 Å². The second-order valence-corrected chi connectivity index (χ2v) is 6.25. The quantitative estimate of drug-likeness (QED) is 0.731. The molecule has 1 atom stereocenters. The van der Waals surface area contributed by atoms with Crippen molar-refractivity contribution in [1.82, 2.24) is 14.5 Å². The molecule has 0 aliphatic heterocycles. The molecule has 3 aromatic rings. The number of carbonyl (C=O) groups is 1. The molecule has 0 saturated carbocycles. The molecule has 3 heterocycles. The third-order valence-corrected chi connectivity index (χ3v) is 4.79. The van der Waals surface area contributed by atoms with Gasteiger partial charge in [0.1, 0.15) is 5.52 Å². The number of thioether (sulfide) groups is 1. The van der Waals surface area contributed by atoms with E-state index in [0.717, 1.165) is 11.2 Å². The lowest BCUT2D eigenvalue weighted by Gasteiger charge is -2.15. The van der Waals surface area contributed by atoms with Crippen LogP contribution in [-0.4, -0.2) is 31.4 Å². The van der Waals surface area contributed by atoms with Crippen molar-refractivity contribution < 1.29 is 9.90 Å². The number of aliphatic carboxylic acids is 1. The van der Waals surface area contributed by atoms with Gasteiger partial charge in [0.05, 0.1) is 11.8 Å². The SMILES string of the molecule is CC(c1ccsc1)n1c(SCC(=O)O)nc2cccnc21. The topological polar surface area (TPSA) is 68.0 Å². The fourth-order valence-electron chi connectivity index (χ4n) is 2.15. The largest absolute Gasteiger partial charge is 0.481 e. The van der Waals surface area contributed by atoms with E-state index in [1.165, 1.54) is 17.3 Å². The molecule has 1 N–H and O–H groups in total. The molecule has 0 radical (unpaired) electrons. The summed E-state index contributed by atoms with van der Waals surface area (Å²) < 4.78 is 2.00. The Balaban J connectivity index is 2.08. The Hall–Kier alpha value is -1.86. The van der Waals surface area contributed by atoms with Crippen LogP contribution in [0.3, 0.4) is 0 Å². The number of imidazole rings is 1. The van der Waals surface area contributed by atoms with Gasteiger partial charge in [-0.25, -0.2) is 9.97 Å². The number of rotatable bonds is 5. The zero-order valence-corrected chi connectivity index (χ0v) is 12.9. The Bertz CT molecular complexity index is 768. The first-order valence-corrected chi connectivity index (χ1v) is 8.29. The molecule has 0 aromatic carbocycles. The Kier molecular flexibility index (Phi) is 3.94. The van der Waals surface area contributed by atoms with Crippen LogP contribution in [0.25, 0.3) is 11.2 Å². The van der Waals surface area contributed by atoms with Crippen LogP contribution in [0.5, 0.6) is 0 Å². The fourth-order valence-corrected chi connectivity index (χ4v) is 3.69. The van der Waals surface area contributed by atoms with E-state index in [0.29, 0.717) is 5.16 Å². The minimum Gasteiger partial charge on any atom is -0.481 e. The molecule has 0 aliphatic carbocycles. The predicted octanol–water partition coefficient (Wildman–Crippen LogP) is 3.28. The smallest absolute Gasteiger partial charge is 0.313 e. The molecule has 108 valence electrons. The van der Waals surface area contributed by atoms with E-state index < -0.39 is 5.97 Å². The Morgan fingerprint density at radius 1 is 1.52 bits per heavy atom. The molecule has 7 heteroatoms. The molecule has 0 aliphatic rings. The van der Waals surface area contributed by atoms with E-state index in [9.17, 15) is 4.79 Å². The van der Waals surface area contributed by atoms with Gasteiger partial charge in [-0.3, -0.25) is 9.36 Å². The van der Waals surface area contributed by atoms with Gasteiger partial charge in [0, 0.05) is 6.20 Å². The maximum Gasteiger partial charge on any atom is 0.313 e. The molecule has 3 rings (SSSR count). The number of carboxylic acids is 1. The molecular weight excluding hydrogens is 306 g/mol. The summed E-state index contributed by atoms with van der Waals surface area (Å²) in [7, 11) is 0. The van der Waals surface area contributed by atoms with Gasteiger partial charge >= 0.3 is 5.97 Å². The molecule has 5 nitrogen and oxygen atoms in total. The van der Waals surface area contributed by atoms with Gasteiger partial charge in [0.2, 0.25) is 0 Å². The molecule has 1 unspecified atom stereocenters. The monoisotopic (exact) mass is 319 g/mol. The van der Waals surface area contributed by atoms with Crippen LogP contribution in [0.1, 0.15) is 18.5 Å². The van der Waals surface area contributed by atoms with Gasteiger partial charge in [0.15, 0.2) is 10.8 Å². The lowest BCUT2D eigenvalue weighted by atomic mass is 10.2. The van der Waals surface area contributed by atoms with Crippen LogP contribution in [0.2, 0.25) is 0 Å². The average molecular weight is 319 g/mol. The van der Waals surface area contributed by atoms with Crippen LogP contribution in [-0.2, 0) is 4.79 Å². The summed E-state index contributed by atoms with van der Waals surface area (Å²) in [6.07, 6.45) is 1.73. The van der Waals surface area contributed by atoms with Crippen molar-refractivity contribution in [3.05, 3.63) is 40.7 Å². The molecule has 0 spiro atoms. The lowest BCUT2D eigenvalue weighted by molar-refractivity contribution is -0.133. The normalized spacial score (nSPS) is 12.6. The van der Waals surface area contributed by atoms with Gasteiger partial charge in [-0.1, -0.05) is 11.8 Å². The number of carboxylic acid groups (broad SMARTS) is 1. The van der Waals surface area contributed by atoms with Gasteiger partial charge in [0.25, 0.3) is 0 Å². The molecule has 21 heavy (non-hydrogen) atoms. The van der Waals surface area contributed by atoms with E-state index >= 15 is 0 Å². The summed E-state index contributed by atoms with van der Waals surface area (Å²) in [5.41, 5.74) is 2.73. The van der Waals surface area contributed by atoms with Crippen molar-refractivity contribution in [3.63, 3.8) is 0 Å². The van der Waals surface area contributed by atoms with Crippen LogP contribution < -0.4 is 0 Å². The maximum atomic E-state index is 10.8. The van der Waals surface area contributed by atoms with E-state index in [1.807, 2.05) is 22.1 Å². The lowest BCUT2D eigenvalue weighted by Crippen LogP contribution is -2.09. The molecule has 0 bridgehead atoms. The number of hydrogen-bond acceptors (Lipinski definition) is 5. The Morgan fingerprint density at radius 3 is 3.10 bits per heavy atom. The van der Waals surface area contributed by atoms with Gasteiger partial charge in [-0.2, -0.15) is 11.3 Å². The summed E-state index contributed by atoms with van der Waals surface area (Å²) in [5, 5.41) is 13.7. The minimum atomic E-state index is -0.852. The highest BCUT2D eigenvalue weighted by atomic mass is 32.2. The highest BCUT2D eigenvalue weighted by Gasteiger charge is 2.19. The maximum absolute atomic E-state index is 10.8. The summed E-state index contributed by atoms with van der Waals surface area (Å²) in [5.74, 6) is -0.866. The van der Waals surface area contributed by atoms with Crippen molar-refractivity contribution in [2.24, 2.45) is 0 Å². The highest BCUT2D eigenvalue weighted by molar-refractivity contribution is 7.99. The van der Waals surface area contributed by atoms with E-state index in [1.54, 1.807) is 17.5 Å². The molecule has 0 amide bonds. The highest BCUT2D eigenvalue weighted by Crippen LogP contribution is 2.30. The summed E-state index contributed by atoms with van der Waals surface area (Å²) in [4.78, 5) is 19.7. The van der Waals surface area contributed by atoms with Crippen molar-refractivity contribution in [3.8, 4) is 0 Å². The van der Waals surface area contributed by atoms with E-state index in [-0.39, 0.29) is 11.8 Å². The minimum absolute atomic E-state index is 0.0142. The summed E-state index contributed by atoms with van der Waals surface area (Å²) >= 11 is 2.86. The summed E-state index contributed by atoms with van der Waals surface area (Å²) in [6.45, 7) is 2.07. The molecular formula is C14H13N3O2S2.